The first kappa shape index (κ1) is 17.5. The zero-order valence-corrected chi connectivity index (χ0v) is 14.4. The highest BCUT2D eigenvalue weighted by atomic mass is 16.5. The SMILES string of the molecule is Cc1cc(NC(=NC(C)(C)C)NC(=O)CC2CCOCC2)n[nH]1. The highest BCUT2D eigenvalue weighted by Gasteiger charge is 2.19. The van der Waals surface area contributed by atoms with E-state index in [0.717, 1.165) is 31.7 Å². The van der Waals surface area contributed by atoms with Gasteiger partial charge in [0.05, 0.1) is 5.54 Å². The quantitative estimate of drug-likeness (QED) is 0.588. The minimum absolute atomic E-state index is 0.0281. The van der Waals surface area contributed by atoms with Gasteiger partial charge in [-0.2, -0.15) is 5.10 Å². The summed E-state index contributed by atoms with van der Waals surface area (Å²) in [4.78, 5) is 16.8. The number of carbonyl (C=O) groups is 1. The van der Waals surface area contributed by atoms with Crippen LogP contribution in [0.4, 0.5) is 5.82 Å². The number of rotatable bonds is 3. The van der Waals surface area contributed by atoms with Crippen molar-refractivity contribution in [1.29, 1.82) is 0 Å². The minimum Gasteiger partial charge on any atom is -0.381 e. The van der Waals surface area contributed by atoms with Crippen LogP contribution in [0, 0.1) is 12.8 Å². The molecule has 1 fully saturated rings. The molecule has 2 rings (SSSR count). The Bertz CT molecular complexity index is 553. The van der Waals surface area contributed by atoms with Gasteiger partial charge in [-0.25, -0.2) is 4.99 Å². The number of aryl methyl sites for hydroxylation is 1. The Morgan fingerprint density at radius 1 is 1.43 bits per heavy atom. The summed E-state index contributed by atoms with van der Waals surface area (Å²) in [5.74, 6) is 1.42. The second kappa shape index (κ2) is 7.59. The number of aromatic nitrogens is 2. The number of carbonyl (C=O) groups excluding carboxylic acids is 1. The molecule has 1 amide bonds. The summed E-state index contributed by atoms with van der Waals surface area (Å²) in [6, 6.07) is 1.86. The lowest BCUT2D eigenvalue weighted by Gasteiger charge is -2.22. The van der Waals surface area contributed by atoms with E-state index in [4.69, 9.17) is 4.74 Å². The molecule has 1 aromatic heterocycles. The summed E-state index contributed by atoms with van der Waals surface area (Å²) in [6.07, 6.45) is 2.37. The Morgan fingerprint density at radius 3 is 2.70 bits per heavy atom. The van der Waals surface area contributed by atoms with Gasteiger partial charge < -0.3 is 10.1 Å². The van der Waals surface area contributed by atoms with Crippen molar-refractivity contribution in [2.24, 2.45) is 10.9 Å². The van der Waals surface area contributed by atoms with Gasteiger partial charge in [-0.15, -0.1) is 0 Å². The van der Waals surface area contributed by atoms with Gasteiger partial charge in [0.15, 0.2) is 5.82 Å². The van der Waals surface area contributed by atoms with E-state index < -0.39 is 0 Å². The van der Waals surface area contributed by atoms with Crippen LogP contribution in [-0.2, 0) is 9.53 Å². The third-order valence-corrected chi connectivity index (χ3v) is 3.47. The molecule has 128 valence electrons. The van der Waals surface area contributed by atoms with E-state index in [2.05, 4.69) is 25.8 Å². The normalized spacial score (nSPS) is 17.1. The Hall–Kier alpha value is -1.89. The number of guanidine groups is 1. The maximum atomic E-state index is 12.3. The lowest BCUT2D eigenvalue weighted by molar-refractivity contribution is -0.121. The molecule has 7 heteroatoms. The minimum atomic E-state index is -0.306. The van der Waals surface area contributed by atoms with Crippen LogP contribution in [0.25, 0.3) is 0 Å². The molecule has 0 aromatic carbocycles. The molecule has 23 heavy (non-hydrogen) atoms. The van der Waals surface area contributed by atoms with E-state index in [0.29, 0.717) is 24.1 Å². The molecule has 0 bridgehead atoms. The highest BCUT2D eigenvalue weighted by molar-refractivity contribution is 6.03. The van der Waals surface area contributed by atoms with Gasteiger partial charge in [-0.3, -0.25) is 15.2 Å². The van der Waals surface area contributed by atoms with Crippen molar-refractivity contribution in [1.82, 2.24) is 15.5 Å². The van der Waals surface area contributed by atoms with Crippen LogP contribution in [0.2, 0.25) is 0 Å². The second-order valence-electron chi connectivity index (χ2n) is 7.00. The predicted molar refractivity (Wildman–Crippen MR) is 90.4 cm³/mol. The monoisotopic (exact) mass is 321 g/mol. The van der Waals surface area contributed by atoms with Gasteiger partial charge in [0.25, 0.3) is 0 Å². The third-order valence-electron chi connectivity index (χ3n) is 3.47. The lowest BCUT2D eigenvalue weighted by atomic mass is 9.96. The molecule has 3 N–H and O–H groups in total. The number of hydrogen-bond acceptors (Lipinski definition) is 4. The molecular formula is C16H27N5O2. The average molecular weight is 321 g/mol. The van der Waals surface area contributed by atoms with Crippen LogP contribution in [0.5, 0.6) is 0 Å². The van der Waals surface area contributed by atoms with Crippen molar-refractivity contribution >= 4 is 17.7 Å². The smallest absolute Gasteiger partial charge is 0.226 e. The molecule has 0 radical (unpaired) electrons. The Balaban J connectivity index is 1.99. The molecule has 1 aromatic rings. The largest absolute Gasteiger partial charge is 0.381 e. The van der Waals surface area contributed by atoms with Crippen molar-refractivity contribution in [3.8, 4) is 0 Å². The average Bonchev–Trinajstić information content (AvgIpc) is 2.83. The molecule has 0 atom stereocenters. The molecule has 0 unspecified atom stereocenters. The van der Waals surface area contributed by atoms with Gasteiger partial charge in [-0.1, -0.05) is 0 Å². The zero-order valence-electron chi connectivity index (χ0n) is 14.4. The van der Waals surface area contributed by atoms with Crippen molar-refractivity contribution in [2.75, 3.05) is 18.5 Å². The van der Waals surface area contributed by atoms with Crippen molar-refractivity contribution in [3.05, 3.63) is 11.8 Å². The summed E-state index contributed by atoms with van der Waals surface area (Å²) in [6.45, 7) is 9.35. The number of H-pyrrole nitrogens is 1. The molecular weight excluding hydrogens is 294 g/mol. The number of aromatic amines is 1. The first-order chi connectivity index (χ1) is 10.8. The molecule has 2 heterocycles. The molecule has 1 saturated heterocycles. The number of nitrogens with one attached hydrogen (secondary N) is 3. The Kier molecular flexibility index (Phi) is 5.76. The summed E-state index contributed by atoms with van der Waals surface area (Å²) < 4.78 is 5.33. The molecule has 1 aliphatic heterocycles. The standard InChI is InChI=1S/C16H27N5O2/c1-11-9-13(21-20-11)17-15(19-16(2,3)4)18-14(22)10-12-5-7-23-8-6-12/h9,12H,5-8,10H2,1-4H3,(H3,17,18,19,20,21,22). The van der Waals surface area contributed by atoms with Gasteiger partial charge in [0, 0.05) is 31.4 Å². The van der Waals surface area contributed by atoms with Gasteiger partial charge in [-0.05, 0) is 46.5 Å². The van der Waals surface area contributed by atoms with E-state index in [1.165, 1.54) is 0 Å². The topological polar surface area (TPSA) is 91.4 Å². The number of amides is 1. The summed E-state index contributed by atoms with van der Waals surface area (Å²) >= 11 is 0. The second-order valence-corrected chi connectivity index (χ2v) is 7.00. The van der Waals surface area contributed by atoms with Crippen LogP contribution in [0.3, 0.4) is 0 Å². The fourth-order valence-corrected chi connectivity index (χ4v) is 2.42. The fraction of sp³-hybridized carbons (Fsp3) is 0.688. The van der Waals surface area contributed by atoms with E-state index in [1.54, 1.807) is 0 Å². The van der Waals surface area contributed by atoms with Crippen molar-refractivity contribution in [2.45, 2.75) is 52.5 Å². The number of ether oxygens (including phenoxy) is 1. The predicted octanol–water partition coefficient (Wildman–Crippen LogP) is 2.22. The molecule has 7 nitrogen and oxygen atoms in total. The number of aliphatic imine (C=N–C) groups is 1. The van der Waals surface area contributed by atoms with Gasteiger partial charge in [0.1, 0.15) is 0 Å². The molecule has 0 aliphatic carbocycles. The first-order valence-electron chi connectivity index (χ1n) is 8.08. The first-order valence-corrected chi connectivity index (χ1v) is 8.08. The summed E-state index contributed by atoms with van der Waals surface area (Å²) in [7, 11) is 0. The van der Waals surface area contributed by atoms with Crippen molar-refractivity contribution < 1.29 is 9.53 Å². The summed E-state index contributed by atoms with van der Waals surface area (Å²) in [5, 5.41) is 12.9. The van der Waals surface area contributed by atoms with Crippen LogP contribution >= 0.6 is 0 Å². The third kappa shape index (κ3) is 6.40. The van der Waals surface area contributed by atoms with Crippen molar-refractivity contribution in [3.63, 3.8) is 0 Å². The van der Waals surface area contributed by atoms with E-state index in [1.807, 2.05) is 33.8 Å². The van der Waals surface area contributed by atoms with Crippen LogP contribution in [-0.4, -0.2) is 40.8 Å². The zero-order chi connectivity index (χ0) is 16.9. The number of anilines is 1. The van der Waals surface area contributed by atoms with Crippen LogP contribution in [0.1, 0.15) is 45.7 Å². The molecule has 0 spiro atoms. The Morgan fingerprint density at radius 2 is 2.13 bits per heavy atom. The summed E-state index contributed by atoms with van der Waals surface area (Å²) in [5.41, 5.74) is 0.635. The van der Waals surface area contributed by atoms with Gasteiger partial charge >= 0.3 is 0 Å². The van der Waals surface area contributed by atoms with Crippen LogP contribution in [0.15, 0.2) is 11.1 Å². The number of hydrogen-bond donors (Lipinski definition) is 3. The maximum absolute atomic E-state index is 12.3. The molecule has 0 saturated carbocycles. The fourth-order valence-electron chi connectivity index (χ4n) is 2.42. The number of nitrogens with zero attached hydrogens (tertiary/aromatic N) is 2. The Labute approximate surface area is 137 Å². The van der Waals surface area contributed by atoms with Gasteiger partial charge in [0.2, 0.25) is 11.9 Å². The van der Waals surface area contributed by atoms with Crippen LogP contribution < -0.4 is 10.6 Å². The maximum Gasteiger partial charge on any atom is 0.226 e. The van der Waals surface area contributed by atoms with E-state index in [9.17, 15) is 4.79 Å². The van der Waals surface area contributed by atoms with E-state index in [-0.39, 0.29) is 11.4 Å². The molecule has 1 aliphatic rings. The lowest BCUT2D eigenvalue weighted by Crippen LogP contribution is -2.39. The highest BCUT2D eigenvalue weighted by Crippen LogP contribution is 2.18. The van der Waals surface area contributed by atoms with E-state index >= 15 is 0 Å².